The molecule has 1 heterocycles. The molecule has 0 aliphatic carbocycles. The van der Waals surface area contributed by atoms with E-state index in [0.717, 1.165) is 38.5 Å². The van der Waals surface area contributed by atoms with Crippen LogP contribution in [0, 0.1) is 0 Å². The zero-order valence-electron chi connectivity index (χ0n) is 39.9. The summed E-state index contributed by atoms with van der Waals surface area (Å²) in [6.07, 6.45) is 44.4. The van der Waals surface area contributed by atoms with Crippen LogP contribution in [0.1, 0.15) is 258 Å². The average Bonchev–Trinajstić information content (AvgIpc) is 3.26. The van der Waals surface area contributed by atoms with Crippen molar-refractivity contribution in [3.63, 3.8) is 0 Å². The lowest BCUT2D eigenvalue weighted by Crippen LogP contribution is -2.60. The van der Waals surface area contributed by atoms with Gasteiger partial charge in [-0.3, -0.25) is 4.79 Å². The van der Waals surface area contributed by atoms with Gasteiger partial charge >= 0.3 is 0 Å². The van der Waals surface area contributed by atoms with Crippen LogP contribution in [0.15, 0.2) is 12.2 Å². The van der Waals surface area contributed by atoms with Gasteiger partial charge in [-0.15, -0.1) is 0 Å². The van der Waals surface area contributed by atoms with Crippen LogP contribution in [0.5, 0.6) is 0 Å². The summed E-state index contributed by atoms with van der Waals surface area (Å²) in [5, 5.41) is 54.1. The number of hydrogen-bond acceptors (Lipinski definition) is 8. The predicted molar refractivity (Wildman–Crippen MR) is 254 cm³/mol. The fraction of sp³-hybridized carbons (Fsp3) is 0.942. The van der Waals surface area contributed by atoms with Gasteiger partial charge in [0.1, 0.15) is 24.4 Å². The molecular weight excluding hydrogens is 767 g/mol. The standard InChI is InChI=1S/C52H101NO8/c1-3-5-7-9-11-13-14-15-16-17-18-19-20-21-22-23-24-25-26-27-28-29-30-31-32-34-36-38-40-42-48(56)53-45(46(55)41-39-37-35-33-12-10-8-6-4-2)44-60-52-51(59)50(58)49(57)47(43-54)61-52/h39,41,45-47,49-52,54-55,57-59H,3-38,40,42-44H2,1-2H3,(H,53,56)/b41-39+. The average molecular weight is 868 g/mol. The molecule has 1 fully saturated rings. The largest absolute Gasteiger partial charge is 0.394 e. The number of aliphatic hydroxyl groups is 5. The number of carbonyl (C=O) groups is 1. The monoisotopic (exact) mass is 868 g/mol. The zero-order chi connectivity index (χ0) is 44.4. The molecule has 1 aliphatic rings. The first kappa shape index (κ1) is 57.9. The molecule has 6 N–H and O–H groups in total. The van der Waals surface area contributed by atoms with Crippen LogP contribution in [0.2, 0.25) is 0 Å². The minimum atomic E-state index is -1.56. The molecule has 0 bridgehead atoms. The van der Waals surface area contributed by atoms with Gasteiger partial charge < -0.3 is 40.3 Å². The maximum absolute atomic E-state index is 13.0. The summed E-state index contributed by atoms with van der Waals surface area (Å²) in [7, 11) is 0. The van der Waals surface area contributed by atoms with Gasteiger partial charge in [-0.2, -0.15) is 0 Å². The lowest BCUT2D eigenvalue weighted by molar-refractivity contribution is -0.302. The first-order chi connectivity index (χ1) is 29.8. The van der Waals surface area contributed by atoms with Crippen LogP contribution in [0.25, 0.3) is 0 Å². The number of hydrogen-bond donors (Lipinski definition) is 6. The van der Waals surface area contributed by atoms with Gasteiger partial charge in [-0.25, -0.2) is 0 Å². The van der Waals surface area contributed by atoms with E-state index in [1.54, 1.807) is 6.08 Å². The van der Waals surface area contributed by atoms with Crippen molar-refractivity contribution < 1.29 is 39.8 Å². The highest BCUT2D eigenvalue weighted by molar-refractivity contribution is 5.76. The molecule has 0 saturated carbocycles. The number of unbranched alkanes of at least 4 members (excludes halogenated alkanes) is 35. The van der Waals surface area contributed by atoms with Crippen molar-refractivity contribution >= 4 is 5.91 Å². The van der Waals surface area contributed by atoms with Crippen LogP contribution in [-0.2, 0) is 14.3 Å². The molecule has 7 atom stereocenters. The van der Waals surface area contributed by atoms with Crippen molar-refractivity contribution in [2.24, 2.45) is 0 Å². The maximum atomic E-state index is 13.0. The minimum absolute atomic E-state index is 0.174. The summed E-state index contributed by atoms with van der Waals surface area (Å²) in [6, 6.07) is -0.797. The van der Waals surface area contributed by atoms with E-state index in [1.807, 2.05) is 6.08 Å². The molecule has 0 aromatic heterocycles. The van der Waals surface area contributed by atoms with Gasteiger partial charge in [0.05, 0.1) is 25.4 Å². The quantitative estimate of drug-likeness (QED) is 0.0262. The van der Waals surface area contributed by atoms with E-state index < -0.39 is 49.5 Å². The number of nitrogens with one attached hydrogen (secondary N) is 1. The summed E-state index contributed by atoms with van der Waals surface area (Å²) in [5.74, 6) is -0.174. The van der Waals surface area contributed by atoms with Crippen molar-refractivity contribution in [1.82, 2.24) is 5.32 Å². The molecule has 0 aromatic rings. The second-order valence-corrected chi connectivity index (χ2v) is 18.7. The van der Waals surface area contributed by atoms with E-state index in [-0.39, 0.29) is 12.5 Å². The number of amides is 1. The number of ether oxygens (including phenoxy) is 2. The van der Waals surface area contributed by atoms with Gasteiger partial charge in [0, 0.05) is 6.42 Å². The van der Waals surface area contributed by atoms with Crippen LogP contribution < -0.4 is 5.32 Å². The summed E-state index contributed by atoms with van der Waals surface area (Å²) in [5.41, 5.74) is 0. The Labute approximate surface area is 376 Å². The molecule has 7 unspecified atom stereocenters. The molecule has 9 heteroatoms. The van der Waals surface area contributed by atoms with E-state index in [9.17, 15) is 30.3 Å². The predicted octanol–water partition coefficient (Wildman–Crippen LogP) is 12.1. The van der Waals surface area contributed by atoms with Gasteiger partial charge in [0.2, 0.25) is 5.91 Å². The van der Waals surface area contributed by atoms with Gasteiger partial charge in [0.15, 0.2) is 6.29 Å². The Morgan fingerprint density at radius 3 is 1.28 bits per heavy atom. The number of rotatable bonds is 45. The maximum Gasteiger partial charge on any atom is 0.220 e. The Kier molecular flexibility index (Phi) is 40.7. The molecule has 1 aliphatic heterocycles. The summed E-state index contributed by atoms with van der Waals surface area (Å²) in [4.78, 5) is 13.0. The van der Waals surface area contributed by atoms with Crippen molar-refractivity contribution in [1.29, 1.82) is 0 Å². The first-order valence-electron chi connectivity index (χ1n) is 26.4. The van der Waals surface area contributed by atoms with Crippen LogP contribution in [-0.4, -0.2) is 87.5 Å². The smallest absolute Gasteiger partial charge is 0.220 e. The summed E-state index contributed by atoms with van der Waals surface area (Å²) >= 11 is 0. The Morgan fingerprint density at radius 1 is 0.541 bits per heavy atom. The Hall–Kier alpha value is -1.07. The fourth-order valence-corrected chi connectivity index (χ4v) is 8.63. The zero-order valence-corrected chi connectivity index (χ0v) is 39.9. The second kappa shape index (κ2) is 42.9. The highest BCUT2D eigenvalue weighted by atomic mass is 16.7. The molecule has 61 heavy (non-hydrogen) atoms. The third kappa shape index (κ3) is 33.1. The van der Waals surface area contributed by atoms with Gasteiger partial charge in [-0.1, -0.05) is 244 Å². The van der Waals surface area contributed by atoms with Gasteiger partial charge in [0.25, 0.3) is 0 Å². The summed E-state index contributed by atoms with van der Waals surface area (Å²) in [6.45, 7) is 3.76. The molecule has 9 nitrogen and oxygen atoms in total. The Balaban J connectivity index is 2.10. The van der Waals surface area contributed by atoms with Crippen LogP contribution in [0.3, 0.4) is 0 Å². The fourth-order valence-electron chi connectivity index (χ4n) is 8.63. The second-order valence-electron chi connectivity index (χ2n) is 18.7. The minimum Gasteiger partial charge on any atom is -0.394 e. The topological polar surface area (TPSA) is 149 Å². The number of carbonyl (C=O) groups excluding carboxylic acids is 1. The highest BCUT2D eigenvalue weighted by Gasteiger charge is 2.44. The Morgan fingerprint density at radius 2 is 0.902 bits per heavy atom. The molecule has 1 rings (SSSR count). The van der Waals surface area contributed by atoms with Crippen molar-refractivity contribution in [3.8, 4) is 0 Å². The molecule has 0 radical (unpaired) electrons. The molecule has 0 spiro atoms. The van der Waals surface area contributed by atoms with E-state index >= 15 is 0 Å². The molecular formula is C52H101NO8. The number of aliphatic hydroxyl groups excluding tert-OH is 5. The lowest BCUT2D eigenvalue weighted by Gasteiger charge is -2.40. The first-order valence-corrected chi connectivity index (χ1v) is 26.4. The third-order valence-electron chi connectivity index (χ3n) is 12.9. The van der Waals surface area contributed by atoms with E-state index in [4.69, 9.17) is 9.47 Å². The highest BCUT2D eigenvalue weighted by Crippen LogP contribution is 2.23. The Bertz CT molecular complexity index is 966. The lowest BCUT2D eigenvalue weighted by atomic mass is 9.99. The molecule has 1 saturated heterocycles. The van der Waals surface area contributed by atoms with Crippen LogP contribution in [0.4, 0.5) is 0 Å². The van der Waals surface area contributed by atoms with E-state index in [1.165, 1.54) is 199 Å². The van der Waals surface area contributed by atoms with Crippen LogP contribution >= 0.6 is 0 Å². The van der Waals surface area contributed by atoms with E-state index in [2.05, 4.69) is 19.2 Å². The SMILES string of the molecule is CCCCCCCCC/C=C/C(O)C(COC1OC(CO)C(O)C(O)C1O)NC(=O)CCCCCCCCCCCCCCCCCCCCCCCCCCCCCCC. The molecule has 0 aromatic carbocycles. The molecule has 362 valence electrons. The van der Waals surface area contributed by atoms with Crippen molar-refractivity contribution in [3.05, 3.63) is 12.2 Å². The third-order valence-corrected chi connectivity index (χ3v) is 12.9. The van der Waals surface area contributed by atoms with Crippen molar-refractivity contribution in [2.75, 3.05) is 13.2 Å². The summed E-state index contributed by atoms with van der Waals surface area (Å²) < 4.78 is 11.2. The molecule has 1 amide bonds. The number of allylic oxidation sites excluding steroid dienone is 1. The van der Waals surface area contributed by atoms with Crippen molar-refractivity contribution in [2.45, 2.75) is 301 Å². The normalized spacial score (nSPS) is 20.4. The van der Waals surface area contributed by atoms with E-state index in [0.29, 0.717) is 6.42 Å². The van der Waals surface area contributed by atoms with Gasteiger partial charge in [-0.05, 0) is 19.3 Å².